The number of rotatable bonds is 6. The molecule has 1 aliphatic rings. The third kappa shape index (κ3) is 7.05. The molecule has 0 saturated carbocycles. The van der Waals surface area contributed by atoms with Crippen LogP contribution in [-0.4, -0.2) is 46.9 Å². The first-order chi connectivity index (χ1) is 17.7. The second-order valence-corrected chi connectivity index (χ2v) is 10.9. The summed E-state index contributed by atoms with van der Waals surface area (Å²) in [4.78, 5) is 29.1. The number of benzene rings is 3. The van der Waals surface area contributed by atoms with Gasteiger partial charge in [-0.1, -0.05) is 69.5 Å². The van der Waals surface area contributed by atoms with Gasteiger partial charge in [0.15, 0.2) is 0 Å². The van der Waals surface area contributed by atoms with E-state index in [-0.39, 0.29) is 13.2 Å². The van der Waals surface area contributed by atoms with Gasteiger partial charge >= 0.3 is 11.8 Å². The quantitative estimate of drug-likeness (QED) is 0.330. The molecule has 1 aliphatic heterocycles. The molecule has 0 unspecified atom stereocenters. The molecule has 4 rings (SSSR count). The molecular formula is C28H27BrCl2N2O4. The van der Waals surface area contributed by atoms with E-state index in [1.54, 1.807) is 36.2 Å². The number of aliphatic hydroxyl groups is 1. The largest absolute Gasteiger partial charge is 0.457 e. The summed E-state index contributed by atoms with van der Waals surface area (Å²) >= 11 is 15.7. The van der Waals surface area contributed by atoms with E-state index in [0.29, 0.717) is 40.6 Å². The van der Waals surface area contributed by atoms with E-state index < -0.39 is 11.8 Å². The average Bonchev–Trinajstić information content (AvgIpc) is 2.89. The Morgan fingerprint density at radius 3 is 2.30 bits per heavy atom. The van der Waals surface area contributed by atoms with E-state index in [2.05, 4.69) is 15.9 Å². The molecule has 0 aromatic heterocycles. The zero-order chi connectivity index (χ0) is 26.5. The molecule has 6 nitrogen and oxygen atoms in total. The second kappa shape index (κ2) is 12.3. The number of aliphatic hydroxyl groups excluding tert-OH is 1. The standard InChI is InChI=1S/C28H27BrCl2N2O4/c1-32(16-21-6-7-22(29)12-26(21)37-25-14-23(30)13-24(31)15-25)27(35)28(36)33-10-8-20(9-11-33)19-4-2-18(17-34)3-5-19/h2-7,12-15,20,34H,8-11,16-17H2,1H3. The molecule has 194 valence electrons. The van der Waals surface area contributed by atoms with Crippen LogP contribution in [0.1, 0.15) is 35.4 Å². The summed E-state index contributed by atoms with van der Waals surface area (Å²) in [6.45, 7) is 1.25. The molecule has 1 N–H and O–H groups in total. The first-order valence-corrected chi connectivity index (χ1v) is 13.4. The summed E-state index contributed by atoms with van der Waals surface area (Å²) in [7, 11) is 1.61. The molecule has 0 atom stereocenters. The number of hydrogen-bond donors (Lipinski definition) is 1. The van der Waals surface area contributed by atoms with Crippen LogP contribution < -0.4 is 4.74 Å². The molecule has 9 heteroatoms. The maximum atomic E-state index is 13.0. The third-order valence-corrected chi connectivity index (χ3v) is 7.38. The Morgan fingerprint density at radius 2 is 1.68 bits per heavy atom. The first kappa shape index (κ1) is 27.5. The number of halogens is 3. The van der Waals surface area contributed by atoms with Crippen molar-refractivity contribution in [2.75, 3.05) is 20.1 Å². The second-order valence-electron chi connectivity index (χ2n) is 9.09. The molecule has 0 aliphatic carbocycles. The lowest BCUT2D eigenvalue weighted by Crippen LogP contribution is -2.46. The van der Waals surface area contributed by atoms with Crippen LogP contribution in [0.2, 0.25) is 10.0 Å². The highest BCUT2D eigenvalue weighted by Crippen LogP contribution is 2.33. The fourth-order valence-corrected chi connectivity index (χ4v) is 5.25. The highest BCUT2D eigenvalue weighted by atomic mass is 79.9. The molecule has 1 fully saturated rings. The van der Waals surface area contributed by atoms with Crippen molar-refractivity contribution in [3.8, 4) is 11.5 Å². The molecular weight excluding hydrogens is 579 g/mol. The minimum absolute atomic E-state index is 0.0195. The molecule has 0 spiro atoms. The number of likely N-dealkylation sites (N-methyl/N-ethyl adjacent to an activating group) is 1. The number of nitrogens with zero attached hydrogens (tertiary/aromatic N) is 2. The van der Waals surface area contributed by atoms with E-state index >= 15 is 0 Å². The number of carbonyl (C=O) groups excluding carboxylic acids is 2. The molecule has 1 saturated heterocycles. The molecule has 37 heavy (non-hydrogen) atoms. The monoisotopic (exact) mass is 604 g/mol. The molecule has 3 aromatic rings. The van der Waals surface area contributed by atoms with E-state index in [1.807, 2.05) is 36.4 Å². The lowest BCUT2D eigenvalue weighted by molar-refractivity contribution is -0.152. The summed E-state index contributed by atoms with van der Waals surface area (Å²) in [5.74, 6) is 0.249. The average molecular weight is 606 g/mol. The lowest BCUT2D eigenvalue weighted by atomic mass is 9.89. The number of carbonyl (C=O) groups is 2. The van der Waals surface area contributed by atoms with Crippen molar-refractivity contribution in [1.82, 2.24) is 9.80 Å². The van der Waals surface area contributed by atoms with Crippen LogP contribution in [0.15, 0.2) is 65.1 Å². The summed E-state index contributed by atoms with van der Waals surface area (Å²) in [5, 5.41) is 10.1. The van der Waals surface area contributed by atoms with Crippen molar-refractivity contribution in [2.24, 2.45) is 0 Å². The normalized spacial score (nSPS) is 13.9. The molecule has 0 bridgehead atoms. The molecule has 0 radical (unpaired) electrons. The fourth-order valence-electron chi connectivity index (χ4n) is 4.41. The van der Waals surface area contributed by atoms with Crippen LogP contribution in [0.5, 0.6) is 11.5 Å². The zero-order valence-electron chi connectivity index (χ0n) is 20.3. The van der Waals surface area contributed by atoms with Gasteiger partial charge in [0.1, 0.15) is 11.5 Å². The van der Waals surface area contributed by atoms with E-state index in [9.17, 15) is 14.7 Å². The number of amides is 2. The minimum Gasteiger partial charge on any atom is -0.457 e. The smallest absolute Gasteiger partial charge is 0.312 e. The van der Waals surface area contributed by atoms with Crippen molar-refractivity contribution in [2.45, 2.75) is 31.9 Å². The van der Waals surface area contributed by atoms with E-state index in [0.717, 1.165) is 28.4 Å². The Labute approximate surface area is 234 Å². The topological polar surface area (TPSA) is 70.1 Å². The van der Waals surface area contributed by atoms with Gasteiger partial charge < -0.3 is 19.6 Å². The molecule has 2 amide bonds. The number of likely N-dealkylation sites (tertiary alicyclic amines) is 1. The summed E-state index contributed by atoms with van der Waals surface area (Å²) in [5.41, 5.74) is 2.80. The van der Waals surface area contributed by atoms with Gasteiger partial charge in [-0.25, -0.2) is 0 Å². The highest BCUT2D eigenvalue weighted by molar-refractivity contribution is 9.10. The molecule has 1 heterocycles. The van der Waals surface area contributed by atoms with Gasteiger partial charge in [0.25, 0.3) is 0 Å². The van der Waals surface area contributed by atoms with Gasteiger partial charge in [-0.2, -0.15) is 0 Å². The van der Waals surface area contributed by atoms with Crippen LogP contribution in [0, 0.1) is 0 Å². The van der Waals surface area contributed by atoms with Gasteiger partial charge in [0, 0.05) is 46.8 Å². The summed E-state index contributed by atoms with van der Waals surface area (Å²) in [6.07, 6.45) is 1.57. The Bertz CT molecular complexity index is 1260. The van der Waals surface area contributed by atoms with Crippen molar-refractivity contribution in [1.29, 1.82) is 0 Å². The van der Waals surface area contributed by atoms with Crippen molar-refractivity contribution < 1.29 is 19.4 Å². The highest BCUT2D eigenvalue weighted by Gasteiger charge is 2.30. The Hall–Kier alpha value is -2.58. The van der Waals surface area contributed by atoms with Gasteiger partial charge in [-0.05, 0) is 60.2 Å². The predicted octanol–water partition coefficient (Wildman–Crippen LogP) is 6.41. The minimum atomic E-state index is -0.564. The Balaban J connectivity index is 1.38. The summed E-state index contributed by atoms with van der Waals surface area (Å²) in [6, 6.07) is 18.3. The number of piperidine rings is 1. The third-order valence-electron chi connectivity index (χ3n) is 6.45. The van der Waals surface area contributed by atoms with E-state index in [1.165, 1.54) is 10.5 Å². The van der Waals surface area contributed by atoms with Gasteiger partial charge in [0.2, 0.25) is 0 Å². The van der Waals surface area contributed by atoms with Crippen LogP contribution in [0.3, 0.4) is 0 Å². The van der Waals surface area contributed by atoms with E-state index in [4.69, 9.17) is 27.9 Å². The number of hydrogen-bond acceptors (Lipinski definition) is 4. The zero-order valence-corrected chi connectivity index (χ0v) is 23.4. The van der Waals surface area contributed by atoms with Crippen molar-refractivity contribution in [3.63, 3.8) is 0 Å². The maximum Gasteiger partial charge on any atom is 0.312 e. The Kier molecular flexibility index (Phi) is 9.13. The van der Waals surface area contributed by atoms with Crippen LogP contribution >= 0.6 is 39.1 Å². The Morgan fingerprint density at radius 1 is 1.03 bits per heavy atom. The van der Waals surface area contributed by atoms with Crippen molar-refractivity contribution >= 4 is 50.9 Å². The maximum absolute atomic E-state index is 13.0. The SMILES string of the molecule is CN(Cc1ccc(Br)cc1Oc1cc(Cl)cc(Cl)c1)C(=O)C(=O)N1CCC(c2ccc(CO)cc2)CC1. The van der Waals surface area contributed by atoms with Gasteiger partial charge in [-0.3, -0.25) is 9.59 Å². The fraction of sp³-hybridized carbons (Fsp3) is 0.286. The predicted molar refractivity (Wildman–Crippen MR) is 148 cm³/mol. The van der Waals surface area contributed by atoms with Crippen LogP contribution in [-0.2, 0) is 22.7 Å². The number of ether oxygens (including phenoxy) is 1. The van der Waals surface area contributed by atoms with Gasteiger partial charge in [-0.15, -0.1) is 0 Å². The molecule has 3 aromatic carbocycles. The van der Waals surface area contributed by atoms with Gasteiger partial charge in [0.05, 0.1) is 6.61 Å². The van der Waals surface area contributed by atoms with Crippen LogP contribution in [0.4, 0.5) is 0 Å². The summed E-state index contributed by atoms with van der Waals surface area (Å²) < 4.78 is 6.84. The first-order valence-electron chi connectivity index (χ1n) is 11.9. The van der Waals surface area contributed by atoms with Crippen LogP contribution in [0.25, 0.3) is 0 Å². The lowest BCUT2D eigenvalue weighted by Gasteiger charge is -2.32. The van der Waals surface area contributed by atoms with Crippen molar-refractivity contribution in [3.05, 3.63) is 91.9 Å².